The number of hydrogen-bond donors (Lipinski definition) is 1. The molecular formula is C13H19NO4. The predicted octanol–water partition coefficient (Wildman–Crippen LogP) is 1.10. The number of carbonyl (C=O) groups excluding carboxylic acids is 1. The third-order valence-corrected chi connectivity index (χ3v) is 2.53. The van der Waals surface area contributed by atoms with E-state index in [0.29, 0.717) is 13.2 Å². The zero-order chi connectivity index (χ0) is 13.4. The lowest BCUT2D eigenvalue weighted by atomic mass is 10.1. The largest absolute Gasteiger partial charge is 0.497 e. The fraction of sp³-hybridized carbons (Fsp3) is 0.462. The van der Waals surface area contributed by atoms with Gasteiger partial charge in [-0.25, -0.2) is 0 Å². The smallest absolute Gasteiger partial charge is 0.319 e. The van der Waals surface area contributed by atoms with Crippen LogP contribution >= 0.6 is 0 Å². The van der Waals surface area contributed by atoms with Crippen molar-refractivity contribution in [2.45, 2.75) is 13.2 Å². The topological polar surface area (TPSA) is 56.8 Å². The molecule has 100 valence electrons. The molecule has 0 radical (unpaired) electrons. The van der Waals surface area contributed by atoms with Crippen molar-refractivity contribution in [3.63, 3.8) is 0 Å². The van der Waals surface area contributed by atoms with Gasteiger partial charge in [0.15, 0.2) is 0 Å². The van der Waals surface area contributed by atoms with Crippen LogP contribution in [0.25, 0.3) is 0 Å². The van der Waals surface area contributed by atoms with Crippen LogP contribution in [0.15, 0.2) is 18.2 Å². The van der Waals surface area contributed by atoms with Crippen LogP contribution in [0.5, 0.6) is 5.75 Å². The molecule has 1 rings (SSSR count). The summed E-state index contributed by atoms with van der Waals surface area (Å²) in [6.45, 7) is 1.28. The molecular weight excluding hydrogens is 234 g/mol. The third-order valence-electron chi connectivity index (χ3n) is 2.53. The molecule has 0 amide bonds. The maximum Gasteiger partial charge on any atom is 0.319 e. The minimum atomic E-state index is -0.281. The van der Waals surface area contributed by atoms with Gasteiger partial charge in [-0.1, -0.05) is 6.07 Å². The van der Waals surface area contributed by atoms with Gasteiger partial charge in [0.05, 0.1) is 27.4 Å². The van der Waals surface area contributed by atoms with Crippen LogP contribution in [0.3, 0.4) is 0 Å². The molecule has 0 saturated carbocycles. The van der Waals surface area contributed by atoms with Gasteiger partial charge in [-0.2, -0.15) is 0 Å². The van der Waals surface area contributed by atoms with Crippen molar-refractivity contribution in [3.8, 4) is 5.75 Å². The minimum absolute atomic E-state index is 0.189. The standard InChI is InChI=1S/C13H19NO4/c1-16-9-11-6-12(17-2)5-4-10(11)7-14-8-13(15)18-3/h4-6,14H,7-9H2,1-3H3. The van der Waals surface area contributed by atoms with Crippen LogP contribution < -0.4 is 10.1 Å². The van der Waals surface area contributed by atoms with Gasteiger partial charge in [0.25, 0.3) is 0 Å². The van der Waals surface area contributed by atoms with Gasteiger partial charge in [0.1, 0.15) is 5.75 Å². The van der Waals surface area contributed by atoms with E-state index in [4.69, 9.17) is 9.47 Å². The lowest BCUT2D eigenvalue weighted by molar-refractivity contribution is -0.139. The molecule has 0 fully saturated rings. The Balaban J connectivity index is 2.65. The van der Waals surface area contributed by atoms with Gasteiger partial charge < -0.3 is 19.5 Å². The van der Waals surface area contributed by atoms with Gasteiger partial charge in [0, 0.05) is 13.7 Å². The number of rotatable bonds is 7. The molecule has 0 aliphatic rings. The second-order valence-corrected chi connectivity index (χ2v) is 3.75. The Hall–Kier alpha value is -1.59. The Kier molecular flexibility index (Phi) is 6.18. The molecule has 5 heteroatoms. The summed E-state index contributed by atoms with van der Waals surface area (Å²) in [7, 11) is 4.64. The second-order valence-electron chi connectivity index (χ2n) is 3.75. The first-order valence-corrected chi connectivity index (χ1v) is 5.63. The molecule has 0 bridgehead atoms. The highest BCUT2D eigenvalue weighted by molar-refractivity contribution is 5.71. The first-order valence-electron chi connectivity index (χ1n) is 5.63. The van der Waals surface area contributed by atoms with E-state index in [2.05, 4.69) is 10.1 Å². The third kappa shape index (κ3) is 4.35. The van der Waals surface area contributed by atoms with E-state index in [9.17, 15) is 4.79 Å². The Bertz CT molecular complexity index is 393. The highest BCUT2D eigenvalue weighted by atomic mass is 16.5. The first-order chi connectivity index (χ1) is 8.71. The predicted molar refractivity (Wildman–Crippen MR) is 67.4 cm³/mol. The highest BCUT2D eigenvalue weighted by Crippen LogP contribution is 2.18. The lowest BCUT2D eigenvalue weighted by Crippen LogP contribution is -2.23. The second kappa shape index (κ2) is 7.68. The minimum Gasteiger partial charge on any atom is -0.497 e. The van der Waals surface area contributed by atoms with E-state index in [1.807, 2.05) is 18.2 Å². The van der Waals surface area contributed by atoms with Crippen molar-refractivity contribution in [1.29, 1.82) is 0 Å². The molecule has 1 N–H and O–H groups in total. The van der Waals surface area contributed by atoms with Gasteiger partial charge in [-0.3, -0.25) is 4.79 Å². The monoisotopic (exact) mass is 253 g/mol. The van der Waals surface area contributed by atoms with Crippen molar-refractivity contribution in [1.82, 2.24) is 5.32 Å². The SMILES string of the molecule is COCc1cc(OC)ccc1CNCC(=O)OC. The Labute approximate surface area is 107 Å². The summed E-state index contributed by atoms with van der Waals surface area (Å²) in [6.07, 6.45) is 0. The summed E-state index contributed by atoms with van der Waals surface area (Å²) in [6, 6.07) is 5.77. The van der Waals surface area contributed by atoms with Crippen LogP contribution in [0.1, 0.15) is 11.1 Å². The number of benzene rings is 1. The Morgan fingerprint density at radius 1 is 1.22 bits per heavy atom. The van der Waals surface area contributed by atoms with E-state index in [-0.39, 0.29) is 12.5 Å². The van der Waals surface area contributed by atoms with Gasteiger partial charge in [-0.15, -0.1) is 0 Å². The summed E-state index contributed by atoms with van der Waals surface area (Å²) >= 11 is 0. The number of methoxy groups -OCH3 is 3. The zero-order valence-electron chi connectivity index (χ0n) is 11.0. The van der Waals surface area contributed by atoms with Crippen LogP contribution in [0.4, 0.5) is 0 Å². The van der Waals surface area contributed by atoms with Crippen LogP contribution in [0, 0.1) is 0 Å². The van der Waals surface area contributed by atoms with Crippen LogP contribution in [-0.4, -0.2) is 33.8 Å². The highest BCUT2D eigenvalue weighted by Gasteiger charge is 2.05. The normalized spacial score (nSPS) is 10.2. The van der Waals surface area contributed by atoms with Crippen molar-refractivity contribution in [2.24, 2.45) is 0 Å². The molecule has 0 spiro atoms. The average molecular weight is 253 g/mol. The quantitative estimate of drug-likeness (QED) is 0.738. The first kappa shape index (κ1) is 14.5. The molecule has 5 nitrogen and oxygen atoms in total. The summed E-state index contributed by atoms with van der Waals surface area (Å²) < 4.78 is 14.9. The molecule has 0 aliphatic carbocycles. The molecule has 0 saturated heterocycles. The van der Waals surface area contributed by atoms with E-state index in [1.54, 1.807) is 14.2 Å². The lowest BCUT2D eigenvalue weighted by Gasteiger charge is -2.11. The summed E-state index contributed by atoms with van der Waals surface area (Å²) in [5, 5.41) is 3.02. The number of ether oxygens (including phenoxy) is 3. The molecule has 0 heterocycles. The fourth-order valence-corrected chi connectivity index (χ4v) is 1.56. The van der Waals surface area contributed by atoms with E-state index in [0.717, 1.165) is 16.9 Å². The number of carbonyl (C=O) groups is 1. The maximum absolute atomic E-state index is 11.0. The van der Waals surface area contributed by atoms with E-state index >= 15 is 0 Å². The summed E-state index contributed by atoms with van der Waals surface area (Å²) in [5.74, 6) is 0.510. The number of hydrogen-bond acceptors (Lipinski definition) is 5. The fourth-order valence-electron chi connectivity index (χ4n) is 1.56. The Morgan fingerprint density at radius 2 is 2.00 bits per heavy atom. The van der Waals surface area contributed by atoms with E-state index in [1.165, 1.54) is 7.11 Å². The van der Waals surface area contributed by atoms with E-state index < -0.39 is 0 Å². The van der Waals surface area contributed by atoms with Gasteiger partial charge in [0.2, 0.25) is 0 Å². The van der Waals surface area contributed by atoms with Crippen molar-refractivity contribution in [3.05, 3.63) is 29.3 Å². The van der Waals surface area contributed by atoms with Crippen LogP contribution in [-0.2, 0) is 27.4 Å². The average Bonchev–Trinajstić information content (AvgIpc) is 2.40. The summed E-state index contributed by atoms with van der Waals surface area (Å²) in [5.41, 5.74) is 2.11. The zero-order valence-corrected chi connectivity index (χ0v) is 11.0. The van der Waals surface area contributed by atoms with Crippen molar-refractivity contribution >= 4 is 5.97 Å². The molecule has 18 heavy (non-hydrogen) atoms. The molecule has 1 aromatic carbocycles. The molecule has 0 unspecified atom stereocenters. The molecule has 0 aliphatic heterocycles. The van der Waals surface area contributed by atoms with Crippen molar-refractivity contribution < 1.29 is 19.0 Å². The molecule has 1 aromatic rings. The van der Waals surface area contributed by atoms with Crippen molar-refractivity contribution in [2.75, 3.05) is 27.9 Å². The Morgan fingerprint density at radius 3 is 2.61 bits per heavy atom. The van der Waals surface area contributed by atoms with Crippen LogP contribution in [0.2, 0.25) is 0 Å². The number of esters is 1. The van der Waals surface area contributed by atoms with Gasteiger partial charge in [-0.05, 0) is 23.3 Å². The molecule has 0 aromatic heterocycles. The molecule has 0 atom stereocenters. The summed E-state index contributed by atoms with van der Waals surface area (Å²) in [4.78, 5) is 11.0. The van der Waals surface area contributed by atoms with Gasteiger partial charge >= 0.3 is 5.97 Å². The number of nitrogens with one attached hydrogen (secondary N) is 1. The maximum atomic E-state index is 11.0.